The highest BCUT2D eigenvalue weighted by molar-refractivity contribution is 5.98. The summed E-state index contributed by atoms with van der Waals surface area (Å²) in [5.41, 5.74) is -0.376. The fraction of sp³-hybridized carbons (Fsp3) is 0.353. The third kappa shape index (κ3) is 4.28. The topological polar surface area (TPSA) is 58.6 Å². The number of amides is 1. The van der Waals surface area contributed by atoms with Crippen molar-refractivity contribution in [2.75, 3.05) is 20.3 Å². The average Bonchev–Trinajstić information content (AvgIpc) is 2.50. The predicted octanol–water partition coefficient (Wildman–Crippen LogP) is 2.36. The van der Waals surface area contributed by atoms with Gasteiger partial charge in [-0.1, -0.05) is 30.3 Å². The van der Waals surface area contributed by atoms with E-state index >= 15 is 0 Å². The molecule has 0 heterocycles. The standard InChI is InChI=1S/C17H21NO3/c1-17(20,9-10-21-2)12-18-16(19)15-8-7-13-5-3-4-6-14(13)11-15/h3-8,11,20H,9-10,12H2,1-2H3,(H,18,19). The highest BCUT2D eigenvalue weighted by Gasteiger charge is 2.21. The van der Waals surface area contributed by atoms with Crippen LogP contribution in [0.25, 0.3) is 10.8 Å². The van der Waals surface area contributed by atoms with Gasteiger partial charge >= 0.3 is 0 Å². The summed E-state index contributed by atoms with van der Waals surface area (Å²) in [6.45, 7) is 2.34. The zero-order valence-electron chi connectivity index (χ0n) is 12.4. The van der Waals surface area contributed by atoms with Gasteiger partial charge in [-0.3, -0.25) is 4.79 Å². The molecule has 112 valence electrons. The molecule has 0 spiro atoms. The summed E-state index contributed by atoms with van der Waals surface area (Å²) < 4.78 is 4.94. The minimum absolute atomic E-state index is 0.182. The second-order valence-electron chi connectivity index (χ2n) is 5.48. The van der Waals surface area contributed by atoms with Gasteiger partial charge in [0.1, 0.15) is 0 Å². The van der Waals surface area contributed by atoms with Crippen LogP contribution in [0.3, 0.4) is 0 Å². The van der Waals surface area contributed by atoms with Gasteiger partial charge in [-0.05, 0) is 29.8 Å². The molecule has 0 radical (unpaired) electrons. The third-order valence-electron chi connectivity index (χ3n) is 3.49. The number of fused-ring (bicyclic) bond motifs is 1. The van der Waals surface area contributed by atoms with E-state index in [9.17, 15) is 9.90 Å². The summed E-state index contributed by atoms with van der Waals surface area (Å²) in [5.74, 6) is -0.182. The summed E-state index contributed by atoms with van der Waals surface area (Å²) in [5, 5.41) is 15.0. The Bertz CT molecular complexity index is 622. The number of benzene rings is 2. The van der Waals surface area contributed by atoms with E-state index in [1.54, 1.807) is 20.1 Å². The third-order valence-corrected chi connectivity index (χ3v) is 3.49. The highest BCUT2D eigenvalue weighted by atomic mass is 16.5. The molecule has 0 aliphatic rings. The number of hydrogen-bond acceptors (Lipinski definition) is 3. The van der Waals surface area contributed by atoms with E-state index in [-0.39, 0.29) is 12.5 Å². The van der Waals surface area contributed by atoms with Gasteiger partial charge in [-0.15, -0.1) is 0 Å². The van der Waals surface area contributed by atoms with Crippen molar-refractivity contribution in [1.29, 1.82) is 0 Å². The number of aliphatic hydroxyl groups is 1. The van der Waals surface area contributed by atoms with E-state index in [1.807, 2.05) is 36.4 Å². The number of carbonyl (C=O) groups is 1. The fourth-order valence-corrected chi connectivity index (χ4v) is 2.11. The summed E-state index contributed by atoms with van der Waals surface area (Å²) in [4.78, 5) is 12.2. The normalized spacial score (nSPS) is 13.9. The largest absolute Gasteiger partial charge is 0.388 e. The molecular weight excluding hydrogens is 266 g/mol. The lowest BCUT2D eigenvalue weighted by atomic mass is 10.0. The Morgan fingerprint density at radius 3 is 2.67 bits per heavy atom. The molecule has 1 unspecified atom stereocenters. The Kier molecular flexibility index (Phi) is 4.94. The maximum absolute atomic E-state index is 12.2. The van der Waals surface area contributed by atoms with Crippen molar-refractivity contribution in [3.05, 3.63) is 48.0 Å². The molecule has 0 aliphatic carbocycles. The Labute approximate surface area is 124 Å². The lowest BCUT2D eigenvalue weighted by Gasteiger charge is -2.23. The van der Waals surface area contributed by atoms with Gasteiger partial charge in [-0.2, -0.15) is 0 Å². The van der Waals surface area contributed by atoms with E-state index in [1.165, 1.54) is 0 Å². The lowest BCUT2D eigenvalue weighted by Crippen LogP contribution is -2.41. The minimum Gasteiger partial charge on any atom is -0.388 e. The van der Waals surface area contributed by atoms with Crippen LogP contribution in [0, 0.1) is 0 Å². The maximum Gasteiger partial charge on any atom is 0.251 e. The van der Waals surface area contributed by atoms with Crippen LogP contribution in [0.5, 0.6) is 0 Å². The van der Waals surface area contributed by atoms with Gasteiger partial charge in [-0.25, -0.2) is 0 Å². The molecule has 4 nitrogen and oxygen atoms in total. The van der Waals surface area contributed by atoms with Gasteiger partial charge in [0.25, 0.3) is 5.91 Å². The molecule has 2 N–H and O–H groups in total. The van der Waals surface area contributed by atoms with Crippen molar-refractivity contribution in [2.24, 2.45) is 0 Å². The van der Waals surface area contributed by atoms with Gasteiger partial charge in [0, 0.05) is 32.2 Å². The van der Waals surface area contributed by atoms with Gasteiger partial charge in [0.15, 0.2) is 0 Å². The number of ether oxygens (including phenoxy) is 1. The van der Waals surface area contributed by atoms with Gasteiger partial charge in [0.05, 0.1) is 5.60 Å². The lowest BCUT2D eigenvalue weighted by molar-refractivity contribution is 0.0243. The monoisotopic (exact) mass is 287 g/mol. The second-order valence-corrected chi connectivity index (χ2v) is 5.48. The molecule has 4 heteroatoms. The summed E-state index contributed by atoms with van der Waals surface area (Å²) in [6, 6.07) is 13.5. The van der Waals surface area contributed by atoms with Gasteiger partial charge < -0.3 is 15.2 Å². The summed E-state index contributed by atoms with van der Waals surface area (Å²) in [7, 11) is 1.59. The molecule has 2 rings (SSSR count). The SMILES string of the molecule is COCCC(C)(O)CNC(=O)c1ccc2ccccc2c1. The number of carbonyl (C=O) groups excluding carboxylic acids is 1. The van der Waals surface area contributed by atoms with Crippen molar-refractivity contribution in [3.63, 3.8) is 0 Å². The van der Waals surface area contributed by atoms with E-state index in [4.69, 9.17) is 4.74 Å². The van der Waals surface area contributed by atoms with Crippen LogP contribution in [-0.4, -0.2) is 36.9 Å². The molecule has 0 saturated carbocycles. The fourth-order valence-electron chi connectivity index (χ4n) is 2.11. The predicted molar refractivity (Wildman–Crippen MR) is 83.4 cm³/mol. The first-order chi connectivity index (χ1) is 10.0. The maximum atomic E-state index is 12.2. The smallest absolute Gasteiger partial charge is 0.251 e. The first kappa shape index (κ1) is 15.5. The summed E-state index contributed by atoms with van der Waals surface area (Å²) >= 11 is 0. The van der Waals surface area contributed by atoms with Crippen molar-refractivity contribution < 1.29 is 14.6 Å². The van der Waals surface area contributed by atoms with Crippen molar-refractivity contribution in [3.8, 4) is 0 Å². The quantitative estimate of drug-likeness (QED) is 0.857. The van der Waals surface area contributed by atoms with Crippen LogP contribution in [0.15, 0.2) is 42.5 Å². The molecule has 0 saturated heterocycles. The first-order valence-electron chi connectivity index (χ1n) is 7.00. The average molecular weight is 287 g/mol. The van der Waals surface area contributed by atoms with Crippen LogP contribution in [0.2, 0.25) is 0 Å². The number of nitrogens with one attached hydrogen (secondary N) is 1. The molecular formula is C17H21NO3. The van der Waals surface area contributed by atoms with Crippen molar-refractivity contribution >= 4 is 16.7 Å². The Balaban J connectivity index is 2.02. The van der Waals surface area contributed by atoms with Crippen LogP contribution < -0.4 is 5.32 Å². The zero-order chi connectivity index (χ0) is 15.3. The number of methoxy groups -OCH3 is 1. The Morgan fingerprint density at radius 2 is 1.95 bits per heavy atom. The van der Waals surface area contributed by atoms with E-state index in [0.717, 1.165) is 10.8 Å². The molecule has 2 aromatic rings. The van der Waals surface area contributed by atoms with E-state index < -0.39 is 5.60 Å². The highest BCUT2D eigenvalue weighted by Crippen LogP contribution is 2.16. The number of rotatable bonds is 6. The van der Waals surface area contributed by atoms with Crippen molar-refractivity contribution in [1.82, 2.24) is 5.32 Å². The molecule has 0 aromatic heterocycles. The molecule has 1 amide bonds. The zero-order valence-corrected chi connectivity index (χ0v) is 12.4. The van der Waals surface area contributed by atoms with Crippen LogP contribution in [0.1, 0.15) is 23.7 Å². The molecule has 0 aliphatic heterocycles. The summed E-state index contributed by atoms with van der Waals surface area (Å²) in [6.07, 6.45) is 0.474. The Morgan fingerprint density at radius 1 is 1.24 bits per heavy atom. The van der Waals surface area contributed by atoms with Gasteiger partial charge in [0.2, 0.25) is 0 Å². The first-order valence-corrected chi connectivity index (χ1v) is 7.00. The Hall–Kier alpha value is -1.91. The van der Waals surface area contributed by atoms with Crippen LogP contribution in [-0.2, 0) is 4.74 Å². The number of hydrogen-bond donors (Lipinski definition) is 2. The van der Waals surface area contributed by atoms with E-state index in [0.29, 0.717) is 18.6 Å². The molecule has 2 aromatic carbocycles. The van der Waals surface area contributed by atoms with Crippen LogP contribution >= 0.6 is 0 Å². The molecule has 0 bridgehead atoms. The molecule has 1 atom stereocenters. The van der Waals surface area contributed by atoms with Crippen LogP contribution in [0.4, 0.5) is 0 Å². The van der Waals surface area contributed by atoms with E-state index in [2.05, 4.69) is 5.32 Å². The molecule has 0 fully saturated rings. The van der Waals surface area contributed by atoms with Crippen molar-refractivity contribution in [2.45, 2.75) is 18.9 Å². The minimum atomic E-state index is -0.970. The second kappa shape index (κ2) is 6.70. The molecule has 21 heavy (non-hydrogen) atoms.